The number of likely N-dealkylation sites (N-methyl/N-ethyl adjacent to an activating group) is 1. The third-order valence-electron chi connectivity index (χ3n) is 5.87. The highest BCUT2D eigenvalue weighted by molar-refractivity contribution is 7.88. The van der Waals surface area contributed by atoms with Crippen LogP contribution in [0.5, 0.6) is 5.75 Å². The number of ether oxygens (including phenoxy) is 1. The smallest absolute Gasteiger partial charge is 0.258 e. The fraction of sp³-hybridized carbons (Fsp3) is 0.435. The first kappa shape index (κ1) is 25.6. The molecule has 0 saturated heterocycles. The molecule has 0 saturated carbocycles. The molecular weight excluding hydrogens is 460 g/mol. The lowest BCUT2D eigenvalue weighted by molar-refractivity contribution is 0.0387. The largest absolute Gasteiger partial charge is 0.488 e. The van der Waals surface area contributed by atoms with Crippen LogP contribution in [-0.2, 0) is 10.0 Å². The van der Waals surface area contributed by atoms with Gasteiger partial charge in [0.25, 0.3) is 11.8 Å². The second-order valence-corrected chi connectivity index (χ2v) is 10.7. The number of carbonyl (C=O) groups is 2. The van der Waals surface area contributed by atoms with E-state index in [-0.39, 0.29) is 48.7 Å². The molecule has 0 radical (unpaired) electrons. The van der Waals surface area contributed by atoms with Crippen molar-refractivity contribution in [2.75, 3.05) is 38.3 Å². The van der Waals surface area contributed by atoms with Crippen molar-refractivity contribution in [1.82, 2.24) is 14.2 Å². The minimum Gasteiger partial charge on any atom is -0.488 e. The topological polar surface area (TPSA) is 129 Å². The van der Waals surface area contributed by atoms with Gasteiger partial charge < -0.3 is 20.1 Å². The van der Waals surface area contributed by atoms with E-state index >= 15 is 0 Å². The van der Waals surface area contributed by atoms with Gasteiger partial charge in [-0.15, -0.1) is 0 Å². The number of aromatic nitrogens is 1. The van der Waals surface area contributed by atoms with Gasteiger partial charge in [-0.3, -0.25) is 14.6 Å². The molecule has 0 unspecified atom stereocenters. The molecule has 2 amide bonds. The molecule has 0 spiro atoms. The zero-order valence-electron chi connectivity index (χ0n) is 19.6. The van der Waals surface area contributed by atoms with Gasteiger partial charge in [-0.05, 0) is 37.3 Å². The highest BCUT2D eigenvalue weighted by atomic mass is 32.2. The van der Waals surface area contributed by atoms with E-state index in [2.05, 4.69) is 10.3 Å². The highest BCUT2D eigenvalue weighted by Crippen LogP contribution is 2.31. The molecule has 0 fully saturated rings. The van der Waals surface area contributed by atoms with Crippen molar-refractivity contribution in [3.63, 3.8) is 0 Å². The number of sulfonamides is 1. The van der Waals surface area contributed by atoms with E-state index in [1.807, 2.05) is 6.92 Å². The maximum atomic E-state index is 13.4. The van der Waals surface area contributed by atoms with Crippen LogP contribution >= 0.6 is 0 Å². The quantitative estimate of drug-likeness (QED) is 0.601. The van der Waals surface area contributed by atoms with E-state index in [1.54, 1.807) is 36.1 Å². The van der Waals surface area contributed by atoms with Crippen LogP contribution in [0.4, 0.5) is 5.69 Å². The summed E-state index contributed by atoms with van der Waals surface area (Å²) in [7, 11) is -1.96. The van der Waals surface area contributed by atoms with Crippen LogP contribution in [0, 0.1) is 5.92 Å². The van der Waals surface area contributed by atoms with Crippen LogP contribution in [0.25, 0.3) is 0 Å². The number of carbonyl (C=O) groups excluding carboxylic acids is 2. The highest BCUT2D eigenvalue weighted by Gasteiger charge is 2.34. The number of anilines is 1. The summed E-state index contributed by atoms with van der Waals surface area (Å²) >= 11 is 0. The zero-order chi connectivity index (χ0) is 25.0. The van der Waals surface area contributed by atoms with E-state index in [1.165, 1.54) is 29.8 Å². The number of hydrogen-bond acceptors (Lipinski definition) is 7. The molecule has 1 aromatic carbocycles. The Morgan fingerprint density at radius 1 is 1.32 bits per heavy atom. The lowest BCUT2D eigenvalue weighted by atomic mass is 9.99. The third-order valence-corrected chi connectivity index (χ3v) is 7.15. The number of amides is 2. The van der Waals surface area contributed by atoms with Gasteiger partial charge in [0.15, 0.2) is 0 Å². The summed E-state index contributed by atoms with van der Waals surface area (Å²) in [6.45, 7) is 3.73. The normalized spacial score (nSPS) is 19.6. The van der Waals surface area contributed by atoms with Crippen molar-refractivity contribution in [3.8, 4) is 5.75 Å². The van der Waals surface area contributed by atoms with Gasteiger partial charge in [-0.2, -0.15) is 0 Å². The minimum absolute atomic E-state index is 0.0928. The molecule has 34 heavy (non-hydrogen) atoms. The number of benzene rings is 1. The van der Waals surface area contributed by atoms with Crippen LogP contribution in [-0.4, -0.2) is 84.7 Å². The van der Waals surface area contributed by atoms with Crippen LogP contribution in [0.3, 0.4) is 0 Å². The van der Waals surface area contributed by atoms with E-state index in [0.29, 0.717) is 11.3 Å². The van der Waals surface area contributed by atoms with E-state index < -0.39 is 22.2 Å². The predicted molar refractivity (Wildman–Crippen MR) is 127 cm³/mol. The maximum Gasteiger partial charge on any atom is 0.258 e. The van der Waals surface area contributed by atoms with E-state index in [9.17, 15) is 23.1 Å². The molecule has 11 heteroatoms. The SMILES string of the molecule is C[C@H]1CN([C@@H](C)CO)C(=O)c2cc(NC(=O)c3ccncc3)ccc2O[C@H]1CN(C)S(C)(=O)=O. The molecule has 2 heterocycles. The zero-order valence-corrected chi connectivity index (χ0v) is 20.4. The van der Waals surface area contributed by atoms with Gasteiger partial charge in [0.1, 0.15) is 11.9 Å². The second-order valence-electron chi connectivity index (χ2n) is 8.57. The average molecular weight is 491 g/mol. The van der Waals surface area contributed by atoms with Crippen molar-refractivity contribution in [3.05, 3.63) is 53.9 Å². The van der Waals surface area contributed by atoms with Gasteiger partial charge in [-0.25, -0.2) is 12.7 Å². The first-order valence-electron chi connectivity index (χ1n) is 10.9. The van der Waals surface area contributed by atoms with Gasteiger partial charge >= 0.3 is 0 Å². The Morgan fingerprint density at radius 3 is 2.62 bits per heavy atom. The first-order chi connectivity index (χ1) is 16.0. The number of nitrogens with one attached hydrogen (secondary N) is 1. The Morgan fingerprint density at radius 2 is 2.00 bits per heavy atom. The number of aliphatic hydroxyl groups excluding tert-OH is 1. The third kappa shape index (κ3) is 5.91. The van der Waals surface area contributed by atoms with Crippen molar-refractivity contribution >= 4 is 27.5 Å². The maximum absolute atomic E-state index is 13.4. The number of aliphatic hydroxyl groups is 1. The summed E-state index contributed by atoms with van der Waals surface area (Å²) in [5.74, 6) is -0.649. The molecule has 2 N–H and O–H groups in total. The molecular formula is C23H30N4O6S. The van der Waals surface area contributed by atoms with Crippen LogP contribution in [0.15, 0.2) is 42.7 Å². The molecule has 1 aliphatic heterocycles. The van der Waals surface area contributed by atoms with Crippen LogP contribution in [0.1, 0.15) is 34.6 Å². The molecule has 0 aliphatic carbocycles. The number of nitrogens with zero attached hydrogens (tertiary/aromatic N) is 3. The molecule has 0 bridgehead atoms. The van der Waals surface area contributed by atoms with Crippen molar-refractivity contribution in [2.24, 2.45) is 5.92 Å². The first-order valence-corrected chi connectivity index (χ1v) is 12.7. The van der Waals surface area contributed by atoms with Crippen molar-refractivity contribution in [1.29, 1.82) is 0 Å². The van der Waals surface area contributed by atoms with Crippen LogP contribution < -0.4 is 10.1 Å². The van der Waals surface area contributed by atoms with Gasteiger partial charge in [0, 0.05) is 43.2 Å². The summed E-state index contributed by atoms with van der Waals surface area (Å²) in [5.41, 5.74) is 1.02. The van der Waals surface area contributed by atoms with E-state index in [0.717, 1.165) is 6.26 Å². The standard InChI is InChI=1S/C23H30N4O6S/c1-15-12-27(16(2)14-28)23(30)19-11-18(25-22(29)17-7-9-24-10-8-17)5-6-20(19)33-21(15)13-26(3)34(4,31)32/h5-11,15-16,21,28H,12-14H2,1-4H3,(H,25,29)/t15-,16-,21-/m0/s1. The van der Waals surface area contributed by atoms with Crippen molar-refractivity contribution in [2.45, 2.75) is 26.0 Å². The van der Waals surface area contributed by atoms with Crippen LogP contribution in [0.2, 0.25) is 0 Å². The lowest BCUT2D eigenvalue weighted by Gasteiger charge is -2.38. The van der Waals surface area contributed by atoms with Gasteiger partial charge in [-0.1, -0.05) is 6.92 Å². The Hall–Kier alpha value is -3.02. The monoisotopic (exact) mass is 490 g/mol. The Balaban J connectivity index is 1.97. The molecule has 184 valence electrons. The summed E-state index contributed by atoms with van der Waals surface area (Å²) in [4.78, 5) is 31.4. The molecule has 3 rings (SSSR count). The molecule has 1 aromatic heterocycles. The average Bonchev–Trinajstić information content (AvgIpc) is 2.81. The minimum atomic E-state index is -3.44. The fourth-order valence-corrected chi connectivity index (χ4v) is 4.03. The molecule has 2 aromatic rings. The molecule has 1 aliphatic rings. The van der Waals surface area contributed by atoms with Gasteiger partial charge in [0.05, 0.1) is 31.0 Å². The summed E-state index contributed by atoms with van der Waals surface area (Å²) < 4.78 is 31.3. The number of hydrogen-bond donors (Lipinski definition) is 2. The van der Waals surface area contributed by atoms with Gasteiger partial charge in [0.2, 0.25) is 10.0 Å². The summed E-state index contributed by atoms with van der Waals surface area (Å²) in [5, 5.41) is 12.5. The Bertz CT molecular complexity index is 1140. The van der Waals surface area contributed by atoms with E-state index in [4.69, 9.17) is 4.74 Å². The number of pyridine rings is 1. The number of rotatable bonds is 7. The second kappa shape index (κ2) is 10.5. The fourth-order valence-electron chi connectivity index (χ4n) is 3.61. The Kier molecular flexibility index (Phi) is 7.90. The van der Waals surface area contributed by atoms with Crippen molar-refractivity contribution < 1.29 is 27.9 Å². The molecule has 10 nitrogen and oxygen atoms in total. The number of fused-ring (bicyclic) bond motifs is 1. The molecule has 3 atom stereocenters. The Labute approximate surface area is 199 Å². The lowest BCUT2D eigenvalue weighted by Crippen LogP contribution is -2.50. The summed E-state index contributed by atoms with van der Waals surface area (Å²) in [6, 6.07) is 7.42. The predicted octanol–water partition coefficient (Wildman–Crippen LogP) is 1.45. The summed E-state index contributed by atoms with van der Waals surface area (Å²) in [6.07, 6.45) is 3.60.